The van der Waals surface area contributed by atoms with Gasteiger partial charge in [0.2, 0.25) is 0 Å². The predicted molar refractivity (Wildman–Crippen MR) is 69.1 cm³/mol. The molecule has 2 rings (SSSR count). The van der Waals surface area contributed by atoms with E-state index in [1.54, 1.807) is 12.1 Å². The Morgan fingerprint density at radius 1 is 1.42 bits per heavy atom. The van der Waals surface area contributed by atoms with Gasteiger partial charge in [-0.05, 0) is 31.0 Å². The SMILES string of the molecule is N#Cc1ccc(O)c(NC2CCN(C(=O)O)CC2)c1. The van der Waals surface area contributed by atoms with Crippen LogP contribution < -0.4 is 5.32 Å². The lowest BCUT2D eigenvalue weighted by molar-refractivity contribution is 0.133. The van der Waals surface area contributed by atoms with E-state index < -0.39 is 6.09 Å². The van der Waals surface area contributed by atoms with Gasteiger partial charge in [-0.25, -0.2) is 4.79 Å². The van der Waals surface area contributed by atoms with Crippen LogP contribution in [0.4, 0.5) is 10.5 Å². The number of nitrogens with zero attached hydrogens (tertiary/aromatic N) is 2. The van der Waals surface area contributed by atoms with Crippen LogP contribution in [0.1, 0.15) is 18.4 Å². The zero-order valence-electron chi connectivity index (χ0n) is 10.3. The Kier molecular flexibility index (Phi) is 3.76. The number of nitrogens with one attached hydrogen (secondary N) is 1. The second kappa shape index (κ2) is 5.48. The zero-order valence-corrected chi connectivity index (χ0v) is 10.3. The molecule has 100 valence electrons. The quantitative estimate of drug-likeness (QED) is 0.705. The fourth-order valence-corrected chi connectivity index (χ4v) is 2.16. The Labute approximate surface area is 110 Å². The zero-order chi connectivity index (χ0) is 13.8. The van der Waals surface area contributed by atoms with E-state index in [0.29, 0.717) is 37.2 Å². The number of hydrogen-bond donors (Lipinski definition) is 3. The van der Waals surface area contributed by atoms with Crippen LogP contribution in [0.5, 0.6) is 5.75 Å². The molecule has 0 saturated carbocycles. The van der Waals surface area contributed by atoms with Gasteiger partial charge in [-0.2, -0.15) is 5.26 Å². The molecule has 6 nitrogen and oxygen atoms in total. The topological polar surface area (TPSA) is 96.6 Å². The van der Waals surface area contributed by atoms with Gasteiger partial charge in [0.1, 0.15) is 5.75 Å². The number of benzene rings is 1. The van der Waals surface area contributed by atoms with E-state index in [2.05, 4.69) is 5.32 Å². The number of likely N-dealkylation sites (tertiary alicyclic amines) is 1. The van der Waals surface area contributed by atoms with Crippen molar-refractivity contribution in [3.63, 3.8) is 0 Å². The summed E-state index contributed by atoms with van der Waals surface area (Å²) in [7, 11) is 0. The maximum absolute atomic E-state index is 10.8. The number of hydrogen-bond acceptors (Lipinski definition) is 4. The Balaban J connectivity index is 1.99. The monoisotopic (exact) mass is 261 g/mol. The molecule has 1 saturated heterocycles. The third-order valence-corrected chi connectivity index (χ3v) is 3.25. The summed E-state index contributed by atoms with van der Waals surface area (Å²) in [6.45, 7) is 0.956. The molecule has 0 atom stereocenters. The summed E-state index contributed by atoms with van der Waals surface area (Å²) in [5.74, 6) is 0.0969. The van der Waals surface area contributed by atoms with Gasteiger partial charge in [-0.1, -0.05) is 0 Å². The van der Waals surface area contributed by atoms with E-state index in [-0.39, 0.29) is 11.8 Å². The highest BCUT2D eigenvalue weighted by atomic mass is 16.4. The lowest BCUT2D eigenvalue weighted by atomic mass is 10.0. The minimum absolute atomic E-state index is 0.0969. The fourth-order valence-electron chi connectivity index (χ4n) is 2.16. The summed E-state index contributed by atoms with van der Waals surface area (Å²) in [4.78, 5) is 12.2. The molecule has 0 unspecified atom stereocenters. The Morgan fingerprint density at radius 3 is 2.68 bits per heavy atom. The normalized spacial score (nSPS) is 15.8. The van der Waals surface area contributed by atoms with E-state index in [1.165, 1.54) is 11.0 Å². The first-order valence-corrected chi connectivity index (χ1v) is 6.07. The number of amides is 1. The molecule has 0 aromatic heterocycles. The van der Waals surface area contributed by atoms with Crippen LogP contribution in [0.3, 0.4) is 0 Å². The van der Waals surface area contributed by atoms with E-state index in [4.69, 9.17) is 10.4 Å². The molecular formula is C13H15N3O3. The van der Waals surface area contributed by atoms with Crippen LogP contribution in [0, 0.1) is 11.3 Å². The van der Waals surface area contributed by atoms with Gasteiger partial charge < -0.3 is 20.4 Å². The van der Waals surface area contributed by atoms with E-state index in [1.807, 2.05) is 6.07 Å². The van der Waals surface area contributed by atoms with Gasteiger partial charge in [0.05, 0.1) is 17.3 Å². The highest BCUT2D eigenvalue weighted by Gasteiger charge is 2.22. The maximum atomic E-state index is 10.8. The summed E-state index contributed by atoms with van der Waals surface area (Å²) < 4.78 is 0. The lowest BCUT2D eigenvalue weighted by Crippen LogP contribution is -2.41. The minimum Gasteiger partial charge on any atom is -0.506 e. The highest BCUT2D eigenvalue weighted by molar-refractivity contribution is 5.65. The van der Waals surface area contributed by atoms with E-state index in [9.17, 15) is 9.90 Å². The number of aromatic hydroxyl groups is 1. The number of phenolic OH excluding ortho intramolecular Hbond substituents is 1. The largest absolute Gasteiger partial charge is 0.506 e. The molecule has 0 aliphatic carbocycles. The molecule has 19 heavy (non-hydrogen) atoms. The molecule has 0 radical (unpaired) electrons. The van der Waals surface area contributed by atoms with Crippen molar-refractivity contribution < 1.29 is 15.0 Å². The number of anilines is 1. The van der Waals surface area contributed by atoms with Crippen molar-refractivity contribution in [3.05, 3.63) is 23.8 Å². The van der Waals surface area contributed by atoms with Gasteiger partial charge in [-0.3, -0.25) is 0 Å². The van der Waals surface area contributed by atoms with Gasteiger partial charge in [0, 0.05) is 19.1 Å². The average molecular weight is 261 g/mol. The first kappa shape index (κ1) is 13.0. The molecule has 1 aliphatic heterocycles. The van der Waals surface area contributed by atoms with Crippen molar-refractivity contribution in [3.8, 4) is 11.8 Å². The highest BCUT2D eigenvalue weighted by Crippen LogP contribution is 2.26. The molecule has 6 heteroatoms. The molecule has 0 spiro atoms. The summed E-state index contributed by atoms with van der Waals surface area (Å²) in [5, 5.41) is 30.6. The Bertz CT molecular complexity index is 516. The second-order valence-corrected chi connectivity index (χ2v) is 4.53. The smallest absolute Gasteiger partial charge is 0.407 e. The molecule has 1 aromatic carbocycles. The van der Waals surface area contributed by atoms with Gasteiger partial charge in [0.25, 0.3) is 0 Å². The van der Waals surface area contributed by atoms with Crippen molar-refractivity contribution in [2.45, 2.75) is 18.9 Å². The van der Waals surface area contributed by atoms with Crippen LogP contribution in [-0.4, -0.2) is 40.3 Å². The summed E-state index contributed by atoms with van der Waals surface area (Å²) in [6, 6.07) is 6.75. The Morgan fingerprint density at radius 2 is 2.11 bits per heavy atom. The lowest BCUT2D eigenvalue weighted by Gasteiger charge is -2.31. The van der Waals surface area contributed by atoms with Crippen molar-refractivity contribution in [2.75, 3.05) is 18.4 Å². The van der Waals surface area contributed by atoms with Crippen LogP contribution >= 0.6 is 0 Å². The third kappa shape index (κ3) is 3.07. The molecule has 1 amide bonds. The number of rotatable bonds is 2. The average Bonchev–Trinajstić information content (AvgIpc) is 2.42. The fraction of sp³-hybridized carbons (Fsp3) is 0.385. The molecule has 1 fully saturated rings. The van der Waals surface area contributed by atoms with Crippen LogP contribution in [0.2, 0.25) is 0 Å². The van der Waals surface area contributed by atoms with Gasteiger partial charge >= 0.3 is 6.09 Å². The third-order valence-electron chi connectivity index (χ3n) is 3.25. The summed E-state index contributed by atoms with van der Waals surface area (Å²) in [5.41, 5.74) is 0.996. The van der Waals surface area contributed by atoms with Crippen LogP contribution in [-0.2, 0) is 0 Å². The van der Waals surface area contributed by atoms with Crippen molar-refractivity contribution in [1.82, 2.24) is 4.90 Å². The summed E-state index contributed by atoms with van der Waals surface area (Å²) in [6.07, 6.45) is 0.471. The Hall–Kier alpha value is -2.42. The number of phenols is 1. The molecular weight excluding hydrogens is 246 g/mol. The number of piperidine rings is 1. The minimum atomic E-state index is -0.896. The number of carboxylic acid groups (broad SMARTS) is 1. The molecule has 3 N–H and O–H groups in total. The first-order valence-electron chi connectivity index (χ1n) is 6.07. The second-order valence-electron chi connectivity index (χ2n) is 4.53. The molecule has 1 heterocycles. The van der Waals surface area contributed by atoms with Gasteiger partial charge in [0.15, 0.2) is 0 Å². The maximum Gasteiger partial charge on any atom is 0.407 e. The van der Waals surface area contributed by atoms with Crippen LogP contribution in [0.15, 0.2) is 18.2 Å². The molecule has 1 aromatic rings. The number of nitriles is 1. The van der Waals surface area contributed by atoms with Crippen molar-refractivity contribution in [1.29, 1.82) is 5.26 Å². The van der Waals surface area contributed by atoms with Crippen LogP contribution in [0.25, 0.3) is 0 Å². The first-order chi connectivity index (χ1) is 9.10. The van der Waals surface area contributed by atoms with Crippen molar-refractivity contribution in [2.24, 2.45) is 0 Å². The molecule has 1 aliphatic rings. The van der Waals surface area contributed by atoms with E-state index in [0.717, 1.165) is 0 Å². The van der Waals surface area contributed by atoms with Gasteiger partial charge in [-0.15, -0.1) is 0 Å². The standard InChI is InChI=1S/C13H15N3O3/c14-8-9-1-2-12(17)11(7-9)15-10-3-5-16(6-4-10)13(18)19/h1-2,7,10,15,17H,3-6H2,(H,18,19). The summed E-state index contributed by atoms with van der Waals surface area (Å²) >= 11 is 0. The number of carbonyl (C=O) groups is 1. The van der Waals surface area contributed by atoms with E-state index >= 15 is 0 Å². The molecule has 0 bridgehead atoms. The predicted octanol–water partition coefficient (Wildman–Crippen LogP) is 1.82. The van der Waals surface area contributed by atoms with Crippen molar-refractivity contribution >= 4 is 11.8 Å².